The molecule has 3 rings (SSSR count). The number of halogens is 2. The molecule has 0 radical (unpaired) electrons. The van der Waals surface area contributed by atoms with Gasteiger partial charge in [0.05, 0.1) is 18.1 Å². The van der Waals surface area contributed by atoms with Crippen molar-refractivity contribution < 1.29 is 4.79 Å². The molecule has 2 aliphatic heterocycles. The summed E-state index contributed by atoms with van der Waals surface area (Å²) in [6.45, 7) is 7.48. The fraction of sp³-hybridized carbons (Fsp3) is 0.941. The Labute approximate surface area is 144 Å². The van der Waals surface area contributed by atoms with Crippen molar-refractivity contribution in [2.45, 2.75) is 68.9 Å². The van der Waals surface area contributed by atoms with Gasteiger partial charge in [-0.1, -0.05) is 6.92 Å². The number of hydrogen-bond acceptors (Lipinski definition) is 3. The molecule has 1 saturated carbocycles. The highest BCUT2D eigenvalue weighted by Gasteiger charge is 2.41. The summed E-state index contributed by atoms with van der Waals surface area (Å²) in [5.74, 6) is 1.28. The minimum absolute atomic E-state index is 0.0340. The first-order valence-corrected chi connectivity index (χ1v) is 9.63. The van der Waals surface area contributed by atoms with Crippen molar-refractivity contribution >= 4 is 29.0 Å². The molecule has 2 saturated heterocycles. The number of piperidine rings is 1. The summed E-state index contributed by atoms with van der Waals surface area (Å²) in [7, 11) is 0. The average Bonchev–Trinajstić information content (AvgIpc) is 2.77. The summed E-state index contributed by atoms with van der Waals surface area (Å²) in [4.78, 5) is 17.7. The lowest BCUT2D eigenvalue weighted by Crippen LogP contribution is -2.47. The van der Waals surface area contributed by atoms with E-state index in [1.807, 2.05) is 0 Å². The van der Waals surface area contributed by atoms with Gasteiger partial charge in [0, 0.05) is 30.4 Å². The van der Waals surface area contributed by atoms with Gasteiger partial charge in [-0.3, -0.25) is 14.6 Å². The van der Waals surface area contributed by atoms with E-state index in [0.29, 0.717) is 24.5 Å². The number of rotatable bonds is 3. The first kappa shape index (κ1) is 17.0. The number of carbonyl (C=O) groups excluding carboxylic acids is 1. The van der Waals surface area contributed by atoms with Crippen LogP contribution >= 0.6 is 23.2 Å². The van der Waals surface area contributed by atoms with E-state index < -0.39 is 0 Å². The molecular weight excluding hydrogens is 319 g/mol. The molecule has 126 valence electrons. The SMILES string of the molecule is CC1CCC2N(C1)CC(C)N2CC(=O)C1CCC(Cl)C(Cl)C1. The molecule has 22 heavy (non-hydrogen) atoms. The molecule has 0 aromatic rings. The van der Waals surface area contributed by atoms with Crippen molar-refractivity contribution in [3.8, 4) is 0 Å². The van der Waals surface area contributed by atoms with E-state index in [2.05, 4.69) is 23.6 Å². The second-order valence-electron chi connectivity index (χ2n) is 7.65. The van der Waals surface area contributed by atoms with Gasteiger partial charge in [-0.25, -0.2) is 0 Å². The second-order valence-corrected chi connectivity index (χ2v) is 8.77. The molecule has 1 aliphatic carbocycles. The van der Waals surface area contributed by atoms with Crippen molar-refractivity contribution in [1.82, 2.24) is 9.80 Å². The molecule has 3 aliphatic rings. The van der Waals surface area contributed by atoms with Crippen molar-refractivity contribution in [1.29, 1.82) is 0 Å². The first-order chi connectivity index (χ1) is 10.5. The summed E-state index contributed by atoms with van der Waals surface area (Å²) < 4.78 is 0. The molecule has 6 unspecified atom stereocenters. The Morgan fingerprint density at radius 1 is 1.05 bits per heavy atom. The van der Waals surface area contributed by atoms with E-state index >= 15 is 0 Å². The molecule has 5 heteroatoms. The first-order valence-electron chi connectivity index (χ1n) is 8.76. The van der Waals surface area contributed by atoms with E-state index in [9.17, 15) is 4.79 Å². The standard InChI is InChI=1S/C17H28Cl2N2O/c1-11-3-6-17-20(8-11)9-12(2)21(17)10-16(22)13-4-5-14(18)15(19)7-13/h11-15,17H,3-10H2,1-2H3. The second kappa shape index (κ2) is 6.96. The summed E-state index contributed by atoms with van der Waals surface area (Å²) in [5, 5.41) is -0.0147. The lowest BCUT2D eigenvalue weighted by atomic mass is 9.85. The highest BCUT2D eigenvalue weighted by atomic mass is 35.5. The van der Waals surface area contributed by atoms with Crippen molar-refractivity contribution in [3.05, 3.63) is 0 Å². The molecule has 2 heterocycles. The number of hydrogen-bond donors (Lipinski definition) is 0. The van der Waals surface area contributed by atoms with Gasteiger partial charge in [-0.15, -0.1) is 23.2 Å². The number of fused-ring (bicyclic) bond motifs is 1. The monoisotopic (exact) mass is 346 g/mol. The van der Waals surface area contributed by atoms with Gasteiger partial charge >= 0.3 is 0 Å². The maximum atomic E-state index is 12.7. The minimum atomic E-state index is -0.0487. The lowest BCUT2D eigenvalue weighted by molar-refractivity contribution is -0.126. The Kier molecular flexibility index (Phi) is 5.38. The van der Waals surface area contributed by atoms with Gasteiger partial charge in [0.2, 0.25) is 0 Å². The fourth-order valence-electron chi connectivity index (χ4n) is 4.48. The van der Waals surface area contributed by atoms with E-state index in [1.54, 1.807) is 0 Å². The van der Waals surface area contributed by atoms with E-state index in [1.165, 1.54) is 19.4 Å². The molecule has 0 N–H and O–H groups in total. The van der Waals surface area contributed by atoms with Gasteiger partial charge in [0.25, 0.3) is 0 Å². The Morgan fingerprint density at radius 3 is 2.55 bits per heavy atom. The Bertz CT molecular complexity index is 419. The van der Waals surface area contributed by atoms with Crippen LogP contribution in [-0.2, 0) is 4.79 Å². The van der Waals surface area contributed by atoms with Gasteiger partial charge < -0.3 is 0 Å². The topological polar surface area (TPSA) is 23.6 Å². The van der Waals surface area contributed by atoms with Gasteiger partial charge in [0.15, 0.2) is 0 Å². The smallest absolute Gasteiger partial charge is 0.150 e. The van der Waals surface area contributed by atoms with Crippen LogP contribution in [0.15, 0.2) is 0 Å². The molecule has 0 aromatic heterocycles. The zero-order chi connectivity index (χ0) is 15.9. The molecule has 6 atom stereocenters. The van der Waals surface area contributed by atoms with Crippen molar-refractivity contribution in [2.75, 3.05) is 19.6 Å². The highest BCUT2D eigenvalue weighted by molar-refractivity contribution is 6.30. The van der Waals surface area contributed by atoms with E-state index in [0.717, 1.165) is 31.7 Å². The number of alkyl halides is 2. The molecule has 0 spiro atoms. The van der Waals surface area contributed by atoms with Crippen molar-refractivity contribution in [3.63, 3.8) is 0 Å². The third kappa shape index (κ3) is 3.48. The van der Waals surface area contributed by atoms with Crippen LogP contribution < -0.4 is 0 Å². The predicted molar refractivity (Wildman–Crippen MR) is 91.6 cm³/mol. The fourth-order valence-corrected chi connectivity index (χ4v) is 5.05. The molecule has 0 aromatic carbocycles. The van der Waals surface area contributed by atoms with Gasteiger partial charge in [-0.2, -0.15) is 0 Å². The van der Waals surface area contributed by atoms with Crippen molar-refractivity contribution in [2.24, 2.45) is 11.8 Å². The molecule has 3 fully saturated rings. The largest absolute Gasteiger partial charge is 0.298 e. The molecule has 0 amide bonds. The quantitative estimate of drug-likeness (QED) is 0.732. The maximum absolute atomic E-state index is 12.7. The van der Waals surface area contributed by atoms with Crippen LogP contribution in [0.2, 0.25) is 0 Å². The third-order valence-corrected chi connectivity index (χ3v) is 6.95. The Hall–Kier alpha value is 0.170. The highest BCUT2D eigenvalue weighted by Crippen LogP contribution is 2.34. The van der Waals surface area contributed by atoms with Crippen LogP contribution in [0.4, 0.5) is 0 Å². The van der Waals surface area contributed by atoms with Gasteiger partial charge in [0.1, 0.15) is 5.78 Å². The zero-order valence-corrected chi connectivity index (χ0v) is 15.2. The number of nitrogens with zero attached hydrogens (tertiary/aromatic N) is 2. The van der Waals surface area contributed by atoms with Crippen LogP contribution in [0.1, 0.15) is 46.0 Å². The summed E-state index contributed by atoms with van der Waals surface area (Å²) in [6.07, 6.45) is 5.48. The summed E-state index contributed by atoms with van der Waals surface area (Å²) in [5.41, 5.74) is 0. The predicted octanol–water partition coefficient (Wildman–Crippen LogP) is 3.33. The van der Waals surface area contributed by atoms with Crippen LogP contribution in [0.3, 0.4) is 0 Å². The molecule has 0 bridgehead atoms. The number of Topliss-reactive ketones (excluding diaryl/α,β-unsaturated/α-hetero) is 1. The molecular formula is C17H28Cl2N2O. The number of ketones is 1. The average molecular weight is 347 g/mol. The Morgan fingerprint density at radius 2 is 1.82 bits per heavy atom. The molecule has 3 nitrogen and oxygen atoms in total. The van der Waals surface area contributed by atoms with E-state index in [4.69, 9.17) is 23.2 Å². The Balaban J connectivity index is 1.59. The number of carbonyl (C=O) groups is 1. The zero-order valence-electron chi connectivity index (χ0n) is 13.7. The summed E-state index contributed by atoms with van der Waals surface area (Å²) >= 11 is 12.4. The van der Waals surface area contributed by atoms with Crippen LogP contribution in [-0.4, -0.2) is 58.2 Å². The van der Waals surface area contributed by atoms with Gasteiger partial charge in [-0.05, 0) is 44.9 Å². The lowest BCUT2D eigenvalue weighted by Gasteiger charge is -2.38. The van der Waals surface area contributed by atoms with Crippen LogP contribution in [0.5, 0.6) is 0 Å². The minimum Gasteiger partial charge on any atom is -0.298 e. The van der Waals surface area contributed by atoms with E-state index in [-0.39, 0.29) is 16.7 Å². The summed E-state index contributed by atoms with van der Waals surface area (Å²) in [6, 6.07) is 0.482. The third-order valence-electron chi connectivity index (χ3n) is 5.82. The van der Waals surface area contributed by atoms with Crippen LogP contribution in [0, 0.1) is 11.8 Å². The van der Waals surface area contributed by atoms with Crippen LogP contribution in [0.25, 0.3) is 0 Å². The maximum Gasteiger partial charge on any atom is 0.150 e. The normalized spacial score (nSPS) is 44.0.